The van der Waals surface area contributed by atoms with Crippen LogP contribution < -0.4 is 5.56 Å². The topological polar surface area (TPSA) is 95.3 Å². The third-order valence-electron chi connectivity index (χ3n) is 3.99. The molecule has 1 aromatic carbocycles. The molecule has 0 aliphatic carbocycles. The van der Waals surface area contributed by atoms with Crippen molar-refractivity contribution < 1.29 is 4.92 Å². The Hall–Kier alpha value is -3.81. The fraction of sp³-hybridized carbons (Fsp3) is 0.0556. The molecule has 0 fully saturated rings. The Bertz CT molecular complexity index is 1160. The zero-order valence-corrected chi connectivity index (χ0v) is 13.5. The van der Waals surface area contributed by atoms with Crippen LogP contribution in [0.5, 0.6) is 0 Å². The van der Waals surface area contributed by atoms with Crippen LogP contribution in [-0.4, -0.2) is 24.1 Å². The first-order chi connectivity index (χ1) is 12.6. The lowest BCUT2D eigenvalue weighted by Gasteiger charge is -2.04. The summed E-state index contributed by atoms with van der Waals surface area (Å²) in [5.41, 5.74) is 2.75. The number of nitro groups is 1. The van der Waals surface area contributed by atoms with Crippen LogP contribution in [0, 0.1) is 10.1 Å². The van der Waals surface area contributed by atoms with E-state index >= 15 is 0 Å². The van der Waals surface area contributed by atoms with Crippen molar-refractivity contribution in [2.45, 2.75) is 6.54 Å². The Balaban J connectivity index is 1.60. The minimum absolute atomic E-state index is 0.0435. The lowest BCUT2D eigenvalue weighted by Crippen LogP contribution is -2.16. The predicted molar refractivity (Wildman–Crippen MR) is 94.9 cm³/mol. The first kappa shape index (κ1) is 15.7. The van der Waals surface area contributed by atoms with Crippen molar-refractivity contribution in [2.24, 2.45) is 0 Å². The summed E-state index contributed by atoms with van der Waals surface area (Å²) >= 11 is 0. The Morgan fingerprint density at radius 2 is 1.88 bits per heavy atom. The second-order valence-electron chi connectivity index (χ2n) is 5.75. The molecule has 0 radical (unpaired) electrons. The van der Waals surface area contributed by atoms with Gasteiger partial charge in [0, 0.05) is 36.2 Å². The summed E-state index contributed by atoms with van der Waals surface area (Å²) in [7, 11) is 0. The molecule has 128 valence electrons. The minimum atomic E-state index is -0.433. The highest BCUT2D eigenvalue weighted by atomic mass is 16.6. The van der Waals surface area contributed by atoms with Gasteiger partial charge in [-0.15, -0.1) is 0 Å². The number of pyridine rings is 1. The van der Waals surface area contributed by atoms with Crippen molar-refractivity contribution in [3.05, 3.63) is 93.3 Å². The molecule has 0 spiro atoms. The first-order valence-corrected chi connectivity index (χ1v) is 7.85. The normalized spacial score (nSPS) is 10.9. The van der Waals surface area contributed by atoms with Crippen LogP contribution in [0.2, 0.25) is 0 Å². The van der Waals surface area contributed by atoms with Crippen molar-refractivity contribution in [3.63, 3.8) is 0 Å². The quantitative estimate of drug-likeness (QED) is 0.417. The van der Waals surface area contributed by atoms with Crippen LogP contribution in [-0.2, 0) is 6.54 Å². The Kier molecular flexibility index (Phi) is 3.77. The Morgan fingerprint density at radius 3 is 2.65 bits per heavy atom. The number of nitro benzene ring substituents is 1. The standard InChI is InChI=1S/C18H13N5O3/c24-18-9-15(20-17-3-1-2-8-22(17)18)12-21-11-14(10-19-21)13-4-6-16(7-5-13)23(25)26/h1-11H,12H2. The van der Waals surface area contributed by atoms with E-state index in [9.17, 15) is 14.9 Å². The van der Waals surface area contributed by atoms with Crippen LogP contribution in [0.1, 0.15) is 5.69 Å². The van der Waals surface area contributed by atoms with Gasteiger partial charge in [0.1, 0.15) is 5.65 Å². The zero-order chi connectivity index (χ0) is 18.1. The highest BCUT2D eigenvalue weighted by Crippen LogP contribution is 2.22. The average molecular weight is 347 g/mol. The number of aromatic nitrogens is 4. The number of hydrogen-bond acceptors (Lipinski definition) is 5. The van der Waals surface area contributed by atoms with Gasteiger partial charge in [-0.25, -0.2) is 4.98 Å². The van der Waals surface area contributed by atoms with Gasteiger partial charge in [-0.3, -0.25) is 24.0 Å². The summed E-state index contributed by atoms with van der Waals surface area (Å²) in [6.45, 7) is 0.355. The number of rotatable bonds is 4. The number of hydrogen-bond donors (Lipinski definition) is 0. The molecule has 0 aliphatic rings. The van der Waals surface area contributed by atoms with E-state index in [1.54, 1.807) is 41.3 Å². The van der Waals surface area contributed by atoms with Gasteiger partial charge in [-0.05, 0) is 29.8 Å². The van der Waals surface area contributed by atoms with Gasteiger partial charge in [0.25, 0.3) is 11.2 Å². The number of non-ortho nitro benzene ring substituents is 1. The molecule has 0 aliphatic heterocycles. The van der Waals surface area contributed by atoms with Crippen molar-refractivity contribution in [1.29, 1.82) is 0 Å². The summed E-state index contributed by atoms with van der Waals surface area (Å²) in [5, 5.41) is 15.0. The van der Waals surface area contributed by atoms with Crippen molar-refractivity contribution in [2.75, 3.05) is 0 Å². The summed E-state index contributed by atoms with van der Waals surface area (Å²) < 4.78 is 3.16. The lowest BCUT2D eigenvalue weighted by atomic mass is 10.1. The molecule has 3 heterocycles. The Morgan fingerprint density at radius 1 is 1.08 bits per heavy atom. The highest BCUT2D eigenvalue weighted by Gasteiger charge is 2.08. The molecule has 8 heteroatoms. The van der Waals surface area contributed by atoms with E-state index in [0.717, 1.165) is 11.1 Å². The fourth-order valence-corrected chi connectivity index (χ4v) is 2.72. The molecular weight excluding hydrogens is 334 g/mol. The van der Waals surface area contributed by atoms with Crippen molar-refractivity contribution in [3.8, 4) is 11.1 Å². The predicted octanol–water partition coefficient (Wildman–Crippen LogP) is 2.51. The number of nitrogens with zero attached hydrogens (tertiary/aromatic N) is 5. The third kappa shape index (κ3) is 2.95. The van der Waals surface area contributed by atoms with Gasteiger partial charge in [-0.1, -0.05) is 6.07 Å². The zero-order valence-electron chi connectivity index (χ0n) is 13.5. The van der Waals surface area contributed by atoms with Gasteiger partial charge in [0.15, 0.2) is 0 Å². The van der Waals surface area contributed by atoms with E-state index in [-0.39, 0.29) is 11.2 Å². The molecule has 4 aromatic rings. The maximum absolute atomic E-state index is 12.1. The molecule has 0 amide bonds. The average Bonchev–Trinajstić information content (AvgIpc) is 3.10. The Labute approximate surface area is 147 Å². The highest BCUT2D eigenvalue weighted by molar-refractivity contribution is 5.63. The third-order valence-corrected chi connectivity index (χ3v) is 3.99. The summed E-state index contributed by atoms with van der Waals surface area (Å²) in [5.74, 6) is 0. The summed E-state index contributed by atoms with van der Waals surface area (Å²) in [6.07, 6.45) is 5.17. The van der Waals surface area contributed by atoms with Crippen LogP contribution in [0.3, 0.4) is 0 Å². The second kappa shape index (κ2) is 6.25. The molecule has 8 nitrogen and oxygen atoms in total. The molecule has 0 bridgehead atoms. The molecule has 4 rings (SSSR count). The minimum Gasteiger partial charge on any atom is -0.269 e. The van der Waals surface area contributed by atoms with E-state index in [2.05, 4.69) is 10.1 Å². The molecule has 0 unspecified atom stereocenters. The summed E-state index contributed by atoms with van der Waals surface area (Å²) in [6, 6.07) is 13.1. The van der Waals surface area contributed by atoms with Crippen LogP contribution in [0.15, 0.2) is 71.9 Å². The van der Waals surface area contributed by atoms with Gasteiger partial charge >= 0.3 is 0 Å². The molecule has 3 aromatic heterocycles. The molecular formula is C18H13N5O3. The van der Waals surface area contributed by atoms with Gasteiger partial charge in [0.05, 0.1) is 23.4 Å². The summed E-state index contributed by atoms with van der Waals surface area (Å²) in [4.78, 5) is 26.9. The maximum Gasteiger partial charge on any atom is 0.269 e. The maximum atomic E-state index is 12.1. The first-order valence-electron chi connectivity index (χ1n) is 7.85. The van der Waals surface area contributed by atoms with E-state index in [4.69, 9.17) is 0 Å². The SMILES string of the molecule is O=c1cc(Cn2cc(-c3ccc([N+](=O)[O-])cc3)cn2)nc2ccccn12. The van der Waals surface area contributed by atoms with E-state index < -0.39 is 4.92 Å². The molecule has 0 atom stereocenters. The van der Waals surface area contributed by atoms with E-state index in [1.165, 1.54) is 22.6 Å². The van der Waals surface area contributed by atoms with Gasteiger partial charge in [-0.2, -0.15) is 5.10 Å². The van der Waals surface area contributed by atoms with Crippen LogP contribution in [0.4, 0.5) is 5.69 Å². The lowest BCUT2D eigenvalue weighted by molar-refractivity contribution is -0.384. The van der Waals surface area contributed by atoms with Crippen LogP contribution in [0.25, 0.3) is 16.8 Å². The largest absolute Gasteiger partial charge is 0.269 e. The number of benzene rings is 1. The van der Waals surface area contributed by atoms with Gasteiger partial charge < -0.3 is 0 Å². The molecule has 0 saturated carbocycles. The molecule has 0 N–H and O–H groups in total. The van der Waals surface area contributed by atoms with Crippen LogP contribution >= 0.6 is 0 Å². The fourth-order valence-electron chi connectivity index (χ4n) is 2.72. The monoisotopic (exact) mass is 347 g/mol. The van der Waals surface area contributed by atoms with E-state index in [1.807, 2.05) is 12.3 Å². The molecule has 26 heavy (non-hydrogen) atoms. The van der Waals surface area contributed by atoms with Crippen molar-refractivity contribution >= 4 is 11.3 Å². The second-order valence-corrected chi connectivity index (χ2v) is 5.75. The van der Waals surface area contributed by atoms with Crippen molar-refractivity contribution in [1.82, 2.24) is 19.2 Å². The van der Waals surface area contributed by atoms with E-state index in [0.29, 0.717) is 17.9 Å². The number of fused-ring (bicyclic) bond motifs is 1. The van der Waals surface area contributed by atoms with Gasteiger partial charge in [0.2, 0.25) is 0 Å². The smallest absolute Gasteiger partial charge is 0.269 e. The molecule has 0 saturated heterocycles.